The van der Waals surface area contributed by atoms with E-state index in [9.17, 15) is 22.4 Å². The Balaban J connectivity index is 1.88. The van der Waals surface area contributed by atoms with Gasteiger partial charge in [0.2, 0.25) is 0 Å². The Morgan fingerprint density at radius 3 is 2.58 bits per heavy atom. The quantitative estimate of drug-likeness (QED) is 0.224. The summed E-state index contributed by atoms with van der Waals surface area (Å²) in [5.41, 5.74) is -2.08. The lowest BCUT2D eigenvalue weighted by atomic mass is 9.81. The summed E-state index contributed by atoms with van der Waals surface area (Å²) in [6.07, 6.45) is -0.0256. The SMILES string of the molecule is C=C/C(=C/[C@](C)(c1cc(NC(=O)C2=NC(C(F)F)C=C2Cl)ccc1Cl)C(F)F)OCC1CC1. The van der Waals surface area contributed by atoms with E-state index in [1.165, 1.54) is 37.3 Å². The fraction of sp³-hybridized carbons (Fsp3) is 0.391. The van der Waals surface area contributed by atoms with Crippen LogP contribution in [0.5, 0.6) is 0 Å². The summed E-state index contributed by atoms with van der Waals surface area (Å²) in [7, 11) is 0. The molecule has 0 bridgehead atoms. The first-order valence-electron chi connectivity index (χ1n) is 10.2. The molecule has 1 aliphatic heterocycles. The highest BCUT2D eigenvalue weighted by Crippen LogP contribution is 2.40. The third-order valence-electron chi connectivity index (χ3n) is 5.38. The Morgan fingerprint density at radius 1 is 1.33 bits per heavy atom. The van der Waals surface area contributed by atoms with Crippen molar-refractivity contribution in [1.82, 2.24) is 0 Å². The molecule has 1 aromatic carbocycles. The maximum atomic E-state index is 14.3. The predicted octanol–water partition coefficient (Wildman–Crippen LogP) is 6.51. The second-order valence-corrected chi connectivity index (χ2v) is 8.87. The number of ether oxygens (including phenoxy) is 1. The van der Waals surface area contributed by atoms with Crippen LogP contribution in [0, 0.1) is 5.92 Å². The Morgan fingerprint density at radius 2 is 2.03 bits per heavy atom. The molecule has 0 spiro atoms. The molecule has 1 aromatic rings. The molecule has 1 amide bonds. The van der Waals surface area contributed by atoms with Gasteiger partial charge in [-0.1, -0.05) is 29.8 Å². The van der Waals surface area contributed by atoms with Crippen LogP contribution < -0.4 is 5.32 Å². The van der Waals surface area contributed by atoms with Gasteiger partial charge in [0.05, 0.1) is 17.1 Å². The van der Waals surface area contributed by atoms with Crippen LogP contribution in [0.2, 0.25) is 5.02 Å². The fourth-order valence-corrected chi connectivity index (χ4v) is 3.78. The zero-order valence-electron chi connectivity index (χ0n) is 17.6. The molecule has 4 nitrogen and oxygen atoms in total. The van der Waals surface area contributed by atoms with Crippen LogP contribution in [0.3, 0.4) is 0 Å². The third kappa shape index (κ3) is 5.98. The number of anilines is 1. The Labute approximate surface area is 199 Å². The molecule has 178 valence electrons. The summed E-state index contributed by atoms with van der Waals surface area (Å²) in [4.78, 5) is 16.1. The van der Waals surface area contributed by atoms with Gasteiger partial charge in [0, 0.05) is 10.7 Å². The summed E-state index contributed by atoms with van der Waals surface area (Å²) < 4.78 is 59.9. The number of amides is 1. The number of hydrogen-bond donors (Lipinski definition) is 1. The average Bonchev–Trinajstić information content (AvgIpc) is 3.51. The Hall–Kier alpha value is -2.32. The number of carbonyl (C=O) groups is 1. The van der Waals surface area contributed by atoms with E-state index in [1.54, 1.807) is 0 Å². The first-order chi connectivity index (χ1) is 15.5. The molecule has 0 saturated heterocycles. The molecule has 33 heavy (non-hydrogen) atoms. The first kappa shape index (κ1) is 25.3. The van der Waals surface area contributed by atoms with Crippen molar-refractivity contribution in [2.24, 2.45) is 10.9 Å². The molecule has 1 unspecified atom stereocenters. The van der Waals surface area contributed by atoms with Crippen molar-refractivity contribution in [1.29, 1.82) is 0 Å². The topological polar surface area (TPSA) is 50.7 Å². The lowest BCUT2D eigenvalue weighted by molar-refractivity contribution is -0.110. The van der Waals surface area contributed by atoms with Gasteiger partial charge in [-0.3, -0.25) is 9.79 Å². The molecule has 2 atom stereocenters. The largest absolute Gasteiger partial charge is 0.494 e. The van der Waals surface area contributed by atoms with Crippen LogP contribution in [0.15, 0.2) is 58.8 Å². The number of benzene rings is 1. The van der Waals surface area contributed by atoms with Crippen molar-refractivity contribution in [3.8, 4) is 0 Å². The second kappa shape index (κ2) is 10.3. The fourth-order valence-electron chi connectivity index (χ4n) is 3.19. The van der Waals surface area contributed by atoms with Crippen LogP contribution in [0.1, 0.15) is 25.3 Å². The molecule has 1 N–H and O–H groups in total. The Kier molecular flexibility index (Phi) is 7.90. The van der Waals surface area contributed by atoms with Crippen LogP contribution in [0.4, 0.5) is 23.2 Å². The summed E-state index contributed by atoms with van der Waals surface area (Å²) in [6.45, 7) is 5.34. The van der Waals surface area contributed by atoms with E-state index in [0.717, 1.165) is 18.9 Å². The van der Waals surface area contributed by atoms with Crippen LogP contribution in [-0.4, -0.2) is 37.1 Å². The monoisotopic (exact) mass is 504 g/mol. The van der Waals surface area contributed by atoms with E-state index in [2.05, 4.69) is 16.9 Å². The van der Waals surface area contributed by atoms with Crippen LogP contribution in [0.25, 0.3) is 0 Å². The van der Waals surface area contributed by atoms with E-state index in [-0.39, 0.29) is 32.8 Å². The second-order valence-electron chi connectivity index (χ2n) is 8.05. The molecule has 3 rings (SSSR count). The van der Waals surface area contributed by atoms with Gasteiger partial charge in [-0.2, -0.15) is 0 Å². The highest BCUT2D eigenvalue weighted by atomic mass is 35.5. The van der Waals surface area contributed by atoms with E-state index < -0.39 is 30.2 Å². The van der Waals surface area contributed by atoms with Gasteiger partial charge in [0.15, 0.2) is 0 Å². The molecule has 1 fully saturated rings. The van der Waals surface area contributed by atoms with Gasteiger partial charge in [0.25, 0.3) is 18.8 Å². The number of hydrogen-bond acceptors (Lipinski definition) is 3. The molecular formula is C23H22Cl2F4N2O2. The molecule has 0 aromatic heterocycles. The van der Waals surface area contributed by atoms with Gasteiger partial charge in [-0.25, -0.2) is 17.6 Å². The lowest BCUT2D eigenvalue weighted by Crippen LogP contribution is -2.30. The average molecular weight is 505 g/mol. The molecule has 1 saturated carbocycles. The van der Waals surface area contributed by atoms with Crippen LogP contribution >= 0.6 is 23.2 Å². The minimum absolute atomic E-state index is 0.0341. The number of alkyl halides is 4. The van der Waals surface area contributed by atoms with Gasteiger partial charge < -0.3 is 10.1 Å². The minimum Gasteiger partial charge on any atom is -0.494 e. The van der Waals surface area contributed by atoms with Gasteiger partial charge in [0.1, 0.15) is 17.5 Å². The molecule has 2 aliphatic rings. The summed E-state index contributed by atoms with van der Waals surface area (Å²) in [5, 5.41) is 2.29. The number of nitrogens with one attached hydrogen (secondary N) is 1. The number of allylic oxidation sites excluding steroid dienone is 2. The van der Waals surface area contributed by atoms with Crippen LogP contribution in [-0.2, 0) is 14.9 Å². The lowest BCUT2D eigenvalue weighted by Gasteiger charge is -2.28. The van der Waals surface area contributed by atoms with Gasteiger partial charge in [-0.15, -0.1) is 0 Å². The highest BCUT2D eigenvalue weighted by molar-refractivity contribution is 6.61. The standard InChI is InChI=1S/C23H22Cl2F4N2O2/c1-3-14(33-11-12-4-5-12)10-23(2,22(28)29)15-8-13(6-7-16(15)24)30-21(32)19-17(25)9-18(31-19)20(26)27/h3,6-10,12,18,20,22H,1,4-5,11H2,2H3,(H,30,32)/b14-10-/t18?,23-/m1/s1. The number of aliphatic imine (C=N–C) groups is 1. The molecule has 1 heterocycles. The molecule has 10 heteroatoms. The van der Waals surface area contributed by atoms with E-state index >= 15 is 0 Å². The van der Waals surface area contributed by atoms with Gasteiger partial charge >= 0.3 is 0 Å². The molecule has 1 aliphatic carbocycles. The van der Waals surface area contributed by atoms with Crippen molar-refractivity contribution < 1.29 is 27.1 Å². The summed E-state index contributed by atoms with van der Waals surface area (Å²) in [5.74, 6) is -0.232. The zero-order chi connectivity index (χ0) is 24.3. The summed E-state index contributed by atoms with van der Waals surface area (Å²) in [6, 6.07) is 2.53. The van der Waals surface area contributed by atoms with E-state index in [0.29, 0.717) is 12.5 Å². The number of halogens is 6. The Bertz CT molecular complexity index is 1020. The van der Waals surface area contributed by atoms with Crippen molar-refractivity contribution >= 4 is 40.5 Å². The third-order valence-corrected chi connectivity index (χ3v) is 6.01. The van der Waals surface area contributed by atoms with Crippen molar-refractivity contribution in [2.45, 2.75) is 44.1 Å². The van der Waals surface area contributed by atoms with E-state index in [4.69, 9.17) is 27.9 Å². The first-order valence-corrected chi connectivity index (χ1v) is 10.9. The number of carbonyl (C=O) groups excluding carboxylic acids is 1. The van der Waals surface area contributed by atoms with Gasteiger partial charge in [-0.05, 0) is 67.7 Å². The number of nitrogens with zero attached hydrogens (tertiary/aromatic N) is 1. The normalized spacial score (nSPS) is 20.4. The molecule has 0 radical (unpaired) electrons. The van der Waals surface area contributed by atoms with Crippen molar-refractivity contribution in [3.05, 3.63) is 64.4 Å². The smallest absolute Gasteiger partial charge is 0.275 e. The van der Waals surface area contributed by atoms with Crippen molar-refractivity contribution in [2.75, 3.05) is 11.9 Å². The van der Waals surface area contributed by atoms with Crippen molar-refractivity contribution in [3.63, 3.8) is 0 Å². The summed E-state index contributed by atoms with van der Waals surface area (Å²) >= 11 is 12.1. The molecular weight excluding hydrogens is 483 g/mol. The minimum atomic E-state index is -2.87. The predicted molar refractivity (Wildman–Crippen MR) is 122 cm³/mol. The maximum Gasteiger partial charge on any atom is 0.275 e. The maximum absolute atomic E-state index is 14.3. The zero-order valence-corrected chi connectivity index (χ0v) is 19.1. The highest BCUT2D eigenvalue weighted by Gasteiger charge is 2.38. The van der Waals surface area contributed by atoms with E-state index in [1.807, 2.05) is 0 Å². The number of rotatable bonds is 10.